The van der Waals surface area contributed by atoms with E-state index in [1.165, 1.54) is 29.5 Å². The van der Waals surface area contributed by atoms with Crippen LogP contribution in [-0.4, -0.2) is 41.2 Å². The number of unbranched alkanes of at least 4 members (excludes halogenated alkanes) is 1. The Morgan fingerprint density at radius 1 is 1.00 bits per heavy atom. The fourth-order valence-corrected chi connectivity index (χ4v) is 5.17. The lowest BCUT2D eigenvalue weighted by atomic mass is 10.1. The van der Waals surface area contributed by atoms with E-state index in [-0.39, 0.29) is 0 Å². The zero-order valence-corrected chi connectivity index (χ0v) is 19.9. The first-order valence-corrected chi connectivity index (χ1v) is 12.7. The van der Waals surface area contributed by atoms with Gasteiger partial charge in [0.2, 0.25) is 0 Å². The van der Waals surface area contributed by atoms with Crippen molar-refractivity contribution < 1.29 is 4.74 Å². The van der Waals surface area contributed by atoms with Crippen LogP contribution in [0.25, 0.3) is 21.3 Å². The van der Waals surface area contributed by atoms with Gasteiger partial charge in [-0.2, -0.15) is 0 Å². The van der Waals surface area contributed by atoms with Crippen LogP contribution in [0.1, 0.15) is 31.2 Å². The van der Waals surface area contributed by atoms with Crippen LogP contribution in [0.5, 0.6) is 0 Å². The monoisotopic (exact) mass is 458 g/mol. The van der Waals surface area contributed by atoms with E-state index in [0.29, 0.717) is 0 Å². The van der Waals surface area contributed by atoms with Crippen LogP contribution in [0.15, 0.2) is 60.0 Å². The van der Waals surface area contributed by atoms with Gasteiger partial charge in [0.25, 0.3) is 0 Å². The molecule has 6 heteroatoms. The molecule has 0 bridgehead atoms. The average molecular weight is 459 g/mol. The molecule has 0 spiro atoms. The first kappa shape index (κ1) is 22.0. The molecule has 0 saturated carbocycles. The predicted molar refractivity (Wildman–Crippen MR) is 137 cm³/mol. The molecule has 0 atom stereocenters. The van der Waals surface area contributed by atoms with Crippen molar-refractivity contribution in [2.24, 2.45) is 0 Å². The molecule has 0 amide bonds. The van der Waals surface area contributed by atoms with Crippen LogP contribution in [0, 0.1) is 0 Å². The number of aryl methyl sites for hydroxylation is 1. The van der Waals surface area contributed by atoms with Gasteiger partial charge in [0.05, 0.1) is 25.1 Å². The Kier molecular flexibility index (Phi) is 6.95. The minimum atomic E-state index is 0.739. The van der Waals surface area contributed by atoms with Gasteiger partial charge in [-0.05, 0) is 36.1 Å². The Balaban J connectivity index is 1.50. The topological polar surface area (TPSA) is 50.3 Å². The molecule has 1 saturated heterocycles. The predicted octanol–water partition coefficient (Wildman–Crippen LogP) is 6.28. The van der Waals surface area contributed by atoms with E-state index in [1.54, 1.807) is 11.3 Å². The van der Waals surface area contributed by atoms with E-state index in [9.17, 15) is 0 Å². The Hall–Kier alpha value is -2.80. The van der Waals surface area contributed by atoms with Gasteiger partial charge in [0.15, 0.2) is 0 Å². The fourth-order valence-electron chi connectivity index (χ4n) is 4.21. The number of rotatable bonds is 8. The molecule has 0 unspecified atom stereocenters. The number of ether oxygens (including phenoxy) is 1. The Morgan fingerprint density at radius 3 is 2.55 bits per heavy atom. The second-order valence-corrected chi connectivity index (χ2v) is 9.36. The van der Waals surface area contributed by atoms with E-state index in [2.05, 4.69) is 71.1 Å². The summed E-state index contributed by atoms with van der Waals surface area (Å²) in [6.45, 7) is 6.36. The number of nitrogens with one attached hydrogen (secondary N) is 1. The Labute approximate surface area is 199 Å². The summed E-state index contributed by atoms with van der Waals surface area (Å²) in [5.74, 6) is 1.73. The minimum absolute atomic E-state index is 0.739. The van der Waals surface area contributed by atoms with Gasteiger partial charge >= 0.3 is 0 Å². The molecule has 5 rings (SSSR count). The SMILES string of the molecule is CCCCc1ccc(Nc2nc(CN3CCOCC3)nc3scc(-c4ccccc4)c23)cc1. The molecule has 0 radical (unpaired) electrons. The summed E-state index contributed by atoms with van der Waals surface area (Å²) >= 11 is 1.69. The van der Waals surface area contributed by atoms with E-state index >= 15 is 0 Å². The number of benzene rings is 2. The average Bonchev–Trinajstić information content (AvgIpc) is 3.29. The maximum Gasteiger partial charge on any atom is 0.146 e. The number of hydrogen-bond donors (Lipinski definition) is 1. The van der Waals surface area contributed by atoms with Crippen LogP contribution < -0.4 is 5.32 Å². The Bertz CT molecular complexity index is 1180. The van der Waals surface area contributed by atoms with Crippen molar-refractivity contribution in [2.45, 2.75) is 32.7 Å². The molecule has 2 aromatic heterocycles. The third-order valence-electron chi connectivity index (χ3n) is 6.07. The molecule has 4 aromatic rings. The summed E-state index contributed by atoms with van der Waals surface area (Å²) in [5, 5.41) is 6.91. The van der Waals surface area contributed by atoms with E-state index in [0.717, 1.165) is 66.8 Å². The van der Waals surface area contributed by atoms with Crippen LogP contribution in [0.4, 0.5) is 11.5 Å². The molecule has 1 N–H and O–H groups in total. The zero-order chi connectivity index (χ0) is 22.5. The van der Waals surface area contributed by atoms with Crippen LogP contribution in [-0.2, 0) is 17.7 Å². The molecule has 1 aliphatic rings. The van der Waals surface area contributed by atoms with Crippen LogP contribution >= 0.6 is 11.3 Å². The van der Waals surface area contributed by atoms with Crippen molar-refractivity contribution in [2.75, 3.05) is 31.6 Å². The number of hydrogen-bond acceptors (Lipinski definition) is 6. The molecule has 3 heterocycles. The number of aromatic nitrogens is 2. The van der Waals surface area contributed by atoms with Gasteiger partial charge in [0.1, 0.15) is 16.5 Å². The third kappa shape index (κ3) is 5.24. The van der Waals surface area contributed by atoms with Crippen molar-refractivity contribution in [1.29, 1.82) is 0 Å². The summed E-state index contributed by atoms with van der Waals surface area (Å²) in [6.07, 6.45) is 3.56. The standard InChI is InChI=1S/C27H30N4OS/c1-2-3-7-20-10-12-22(13-11-20)28-26-25-23(21-8-5-4-6-9-21)19-33-27(25)30-24(29-26)18-31-14-16-32-17-15-31/h4-6,8-13,19H,2-3,7,14-18H2,1H3,(H,28,29,30). The maximum absolute atomic E-state index is 5.50. The molecule has 0 aliphatic carbocycles. The number of nitrogens with zero attached hydrogens (tertiary/aromatic N) is 3. The highest BCUT2D eigenvalue weighted by Crippen LogP contribution is 2.38. The fraction of sp³-hybridized carbons (Fsp3) is 0.333. The highest BCUT2D eigenvalue weighted by Gasteiger charge is 2.18. The molecule has 5 nitrogen and oxygen atoms in total. The van der Waals surface area contributed by atoms with Gasteiger partial charge in [-0.15, -0.1) is 11.3 Å². The minimum Gasteiger partial charge on any atom is -0.379 e. The highest BCUT2D eigenvalue weighted by atomic mass is 32.1. The van der Waals surface area contributed by atoms with Crippen molar-refractivity contribution in [3.8, 4) is 11.1 Å². The number of anilines is 2. The molecule has 170 valence electrons. The normalized spacial score (nSPS) is 14.6. The van der Waals surface area contributed by atoms with Crippen molar-refractivity contribution in [3.05, 3.63) is 71.4 Å². The second kappa shape index (κ2) is 10.4. The lowest BCUT2D eigenvalue weighted by Gasteiger charge is -2.25. The van der Waals surface area contributed by atoms with Gasteiger partial charge < -0.3 is 10.1 Å². The highest BCUT2D eigenvalue weighted by molar-refractivity contribution is 7.17. The van der Waals surface area contributed by atoms with Crippen molar-refractivity contribution >= 4 is 33.1 Å². The quantitative estimate of drug-likeness (QED) is 0.337. The zero-order valence-electron chi connectivity index (χ0n) is 19.1. The summed E-state index contributed by atoms with van der Waals surface area (Å²) in [7, 11) is 0. The first-order chi connectivity index (χ1) is 16.3. The molecule has 1 fully saturated rings. The largest absolute Gasteiger partial charge is 0.379 e. The summed E-state index contributed by atoms with van der Waals surface area (Å²) in [6, 6.07) is 19.3. The smallest absolute Gasteiger partial charge is 0.146 e. The van der Waals surface area contributed by atoms with Gasteiger partial charge in [-0.25, -0.2) is 9.97 Å². The number of morpholine rings is 1. The van der Waals surface area contributed by atoms with E-state index < -0.39 is 0 Å². The van der Waals surface area contributed by atoms with Crippen LogP contribution in [0.2, 0.25) is 0 Å². The summed E-state index contributed by atoms with van der Waals surface area (Å²) < 4.78 is 5.50. The first-order valence-electron chi connectivity index (χ1n) is 11.8. The van der Waals surface area contributed by atoms with E-state index in [4.69, 9.17) is 14.7 Å². The van der Waals surface area contributed by atoms with Gasteiger partial charge in [-0.1, -0.05) is 55.8 Å². The molecule has 33 heavy (non-hydrogen) atoms. The molecular weight excluding hydrogens is 428 g/mol. The van der Waals surface area contributed by atoms with Crippen molar-refractivity contribution in [1.82, 2.24) is 14.9 Å². The lowest BCUT2D eigenvalue weighted by molar-refractivity contribution is 0.0331. The second-order valence-electron chi connectivity index (χ2n) is 8.50. The summed E-state index contributed by atoms with van der Waals surface area (Å²) in [5.41, 5.74) is 4.79. The number of thiophene rings is 1. The van der Waals surface area contributed by atoms with Crippen LogP contribution in [0.3, 0.4) is 0 Å². The summed E-state index contributed by atoms with van der Waals surface area (Å²) in [4.78, 5) is 13.4. The molecular formula is C27H30N4OS. The molecule has 1 aliphatic heterocycles. The third-order valence-corrected chi connectivity index (χ3v) is 6.94. The lowest BCUT2D eigenvalue weighted by Crippen LogP contribution is -2.36. The number of fused-ring (bicyclic) bond motifs is 1. The van der Waals surface area contributed by atoms with Gasteiger partial charge in [-0.3, -0.25) is 4.90 Å². The maximum atomic E-state index is 5.50. The van der Waals surface area contributed by atoms with Gasteiger partial charge in [0, 0.05) is 29.7 Å². The Morgan fingerprint density at radius 2 is 1.79 bits per heavy atom. The van der Waals surface area contributed by atoms with Crippen molar-refractivity contribution in [3.63, 3.8) is 0 Å². The molecule has 2 aromatic carbocycles. The van der Waals surface area contributed by atoms with E-state index in [1.807, 2.05) is 6.07 Å².